The van der Waals surface area contributed by atoms with E-state index in [2.05, 4.69) is 19.9 Å². The largest absolute Gasteiger partial charge is 0.486 e. The zero-order valence-corrected chi connectivity index (χ0v) is 22.4. The molecule has 0 unspecified atom stereocenters. The summed E-state index contributed by atoms with van der Waals surface area (Å²) in [5.74, 6) is 0.481. The molecule has 0 aliphatic heterocycles. The summed E-state index contributed by atoms with van der Waals surface area (Å²) in [6.07, 6.45) is -0.396. The maximum absolute atomic E-state index is 13.3. The van der Waals surface area contributed by atoms with Crippen LogP contribution in [0.15, 0.2) is 69.8 Å². The lowest BCUT2D eigenvalue weighted by atomic mass is 10.0. The zero-order chi connectivity index (χ0) is 28.3. The second-order valence-corrected chi connectivity index (χ2v) is 9.11. The molecule has 0 aliphatic carbocycles. The average molecular weight is 556 g/mol. The summed E-state index contributed by atoms with van der Waals surface area (Å²) >= 11 is 6.42. The van der Waals surface area contributed by atoms with Gasteiger partial charge in [-0.15, -0.1) is 0 Å². The number of aryl methyl sites for hydroxylation is 2. The topological polar surface area (TPSA) is 82.3 Å². The van der Waals surface area contributed by atoms with Gasteiger partial charge in [0, 0.05) is 41.1 Å². The molecule has 7 nitrogen and oxygen atoms in total. The van der Waals surface area contributed by atoms with E-state index in [1.54, 1.807) is 26.1 Å². The molecule has 0 atom stereocenters. The smallest absolute Gasteiger partial charge is 0.421 e. The van der Waals surface area contributed by atoms with Gasteiger partial charge in [0.25, 0.3) is 5.56 Å². The van der Waals surface area contributed by atoms with Crippen LogP contribution in [0, 0.1) is 13.8 Å². The molecule has 0 N–H and O–H groups in total. The van der Waals surface area contributed by atoms with E-state index in [0.29, 0.717) is 39.0 Å². The van der Waals surface area contributed by atoms with Crippen LogP contribution in [0.25, 0.3) is 10.9 Å². The van der Waals surface area contributed by atoms with Gasteiger partial charge in [0.05, 0.1) is 23.0 Å². The number of ether oxygens (including phenoxy) is 1. The zero-order valence-electron chi connectivity index (χ0n) is 21.7. The molecule has 0 saturated heterocycles. The standard InChI is InChI=1S/C28H25ClF3N5O2/c1-5-22(29)25(33-4)19-12-16(2)36-26-18(19)8-6-10-24(26)39-14-20-17(3)34-15-35-23(20)13-37-11-7-9-21(27(37)38)28(30,31)32/h5-12,15H,13-14H2,1-4H3/b22-5+,33-25-. The van der Waals surface area contributed by atoms with E-state index in [-0.39, 0.29) is 13.2 Å². The molecule has 1 aromatic carbocycles. The number of pyridine rings is 2. The lowest BCUT2D eigenvalue weighted by Gasteiger charge is -2.16. The van der Waals surface area contributed by atoms with Crippen molar-refractivity contribution in [1.29, 1.82) is 0 Å². The molecule has 0 fully saturated rings. The lowest BCUT2D eigenvalue weighted by molar-refractivity contribution is -0.138. The minimum absolute atomic E-state index is 0.00410. The van der Waals surface area contributed by atoms with Crippen LogP contribution in [0.5, 0.6) is 5.75 Å². The Balaban J connectivity index is 1.72. The number of allylic oxidation sites excluding steroid dienone is 2. The predicted molar refractivity (Wildman–Crippen MR) is 144 cm³/mol. The van der Waals surface area contributed by atoms with Gasteiger partial charge in [0.15, 0.2) is 0 Å². The number of rotatable bonds is 7. The van der Waals surface area contributed by atoms with E-state index in [1.807, 2.05) is 32.0 Å². The van der Waals surface area contributed by atoms with Crippen LogP contribution in [0.3, 0.4) is 0 Å². The van der Waals surface area contributed by atoms with Gasteiger partial charge in [-0.05, 0) is 45.0 Å². The Bertz CT molecular complexity index is 1660. The summed E-state index contributed by atoms with van der Waals surface area (Å²) in [5, 5.41) is 1.29. The SMILES string of the molecule is C/C=C(Cl)\C(=N/C)c1cc(C)nc2c(OCc3c(C)ncnc3Cn3cccc(C(F)(F)F)c3=O)cccc12. The van der Waals surface area contributed by atoms with Crippen molar-refractivity contribution >= 4 is 28.2 Å². The van der Waals surface area contributed by atoms with Gasteiger partial charge in [-0.2, -0.15) is 13.2 Å². The number of aromatic nitrogens is 4. The first-order valence-electron chi connectivity index (χ1n) is 11.9. The lowest BCUT2D eigenvalue weighted by Crippen LogP contribution is -2.29. The third kappa shape index (κ3) is 5.85. The van der Waals surface area contributed by atoms with Crippen molar-refractivity contribution < 1.29 is 17.9 Å². The van der Waals surface area contributed by atoms with Gasteiger partial charge >= 0.3 is 6.18 Å². The molecule has 0 bridgehead atoms. The van der Waals surface area contributed by atoms with Crippen molar-refractivity contribution in [1.82, 2.24) is 19.5 Å². The number of benzene rings is 1. The normalized spacial score (nSPS) is 12.7. The minimum Gasteiger partial charge on any atom is -0.486 e. The van der Waals surface area contributed by atoms with Gasteiger partial charge in [0.1, 0.15) is 29.8 Å². The van der Waals surface area contributed by atoms with Gasteiger partial charge in [0.2, 0.25) is 0 Å². The third-order valence-electron chi connectivity index (χ3n) is 6.16. The van der Waals surface area contributed by atoms with Crippen LogP contribution in [0.2, 0.25) is 0 Å². The Morgan fingerprint density at radius 1 is 1.18 bits per heavy atom. The first-order valence-corrected chi connectivity index (χ1v) is 12.3. The number of para-hydroxylation sites is 1. The molecule has 3 heterocycles. The molecule has 3 aromatic heterocycles. The van der Waals surface area contributed by atoms with Crippen molar-refractivity contribution in [2.45, 2.75) is 40.1 Å². The number of fused-ring (bicyclic) bond motifs is 1. The van der Waals surface area contributed by atoms with Crippen LogP contribution >= 0.6 is 11.6 Å². The van der Waals surface area contributed by atoms with Gasteiger partial charge in [-0.1, -0.05) is 29.8 Å². The molecule has 11 heteroatoms. The Kier molecular flexibility index (Phi) is 8.15. The molecule has 0 aliphatic rings. The second-order valence-electron chi connectivity index (χ2n) is 8.70. The highest BCUT2D eigenvalue weighted by atomic mass is 35.5. The summed E-state index contributed by atoms with van der Waals surface area (Å²) in [6.45, 7) is 5.25. The summed E-state index contributed by atoms with van der Waals surface area (Å²) in [4.78, 5) is 30.0. The Morgan fingerprint density at radius 2 is 1.95 bits per heavy atom. The van der Waals surface area contributed by atoms with Crippen LogP contribution in [-0.2, 0) is 19.3 Å². The summed E-state index contributed by atoms with van der Waals surface area (Å²) in [6, 6.07) is 9.35. The van der Waals surface area contributed by atoms with E-state index < -0.39 is 17.3 Å². The quantitative estimate of drug-likeness (QED) is 0.261. The van der Waals surface area contributed by atoms with E-state index in [4.69, 9.17) is 16.3 Å². The van der Waals surface area contributed by atoms with Crippen molar-refractivity contribution in [2.75, 3.05) is 7.05 Å². The molecule has 0 amide bonds. The van der Waals surface area contributed by atoms with Crippen LogP contribution in [-0.4, -0.2) is 32.3 Å². The molecule has 4 aromatic rings. The van der Waals surface area contributed by atoms with Crippen molar-refractivity contribution in [3.05, 3.63) is 104 Å². The minimum atomic E-state index is -4.76. The molecular weight excluding hydrogens is 531 g/mol. The first kappa shape index (κ1) is 28.0. The van der Waals surface area contributed by atoms with Crippen molar-refractivity contribution in [3.8, 4) is 5.75 Å². The van der Waals surface area contributed by atoms with Crippen molar-refractivity contribution in [2.24, 2.45) is 4.99 Å². The molecule has 4 rings (SSSR count). The molecule has 0 radical (unpaired) electrons. The third-order valence-corrected chi connectivity index (χ3v) is 6.55. The number of hydrogen-bond donors (Lipinski definition) is 0. The Labute approximate surface area is 227 Å². The fraction of sp³-hybridized carbons (Fsp3) is 0.250. The highest BCUT2D eigenvalue weighted by Gasteiger charge is 2.34. The van der Waals surface area contributed by atoms with Gasteiger partial charge in [-0.3, -0.25) is 9.79 Å². The van der Waals surface area contributed by atoms with Gasteiger partial charge in [-0.25, -0.2) is 15.0 Å². The highest BCUT2D eigenvalue weighted by molar-refractivity contribution is 6.47. The maximum atomic E-state index is 13.3. The molecule has 0 spiro atoms. The van der Waals surface area contributed by atoms with Crippen LogP contribution < -0.4 is 10.3 Å². The first-order chi connectivity index (χ1) is 18.5. The molecular formula is C28H25ClF3N5O2. The van der Waals surface area contributed by atoms with Crippen molar-refractivity contribution in [3.63, 3.8) is 0 Å². The summed E-state index contributed by atoms with van der Waals surface area (Å²) in [5.41, 5.74) is 1.86. The van der Waals surface area contributed by atoms with Crippen LogP contribution in [0.4, 0.5) is 13.2 Å². The van der Waals surface area contributed by atoms with Crippen LogP contribution in [0.1, 0.15) is 40.7 Å². The number of halogens is 4. The highest BCUT2D eigenvalue weighted by Crippen LogP contribution is 2.30. The number of hydrogen-bond acceptors (Lipinski definition) is 6. The molecule has 202 valence electrons. The predicted octanol–water partition coefficient (Wildman–Crippen LogP) is 6.01. The van der Waals surface area contributed by atoms with E-state index >= 15 is 0 Å². The summed E-state index contributed by atoms with van der Waals surface area (Å²) < 4.78 is 46.9. The Morgan fingerprint density at radius 3 is 2.64 bits per heavy atom. The Hall–Kier alpha value is -4.05. The number of nitrogens with zero attached hydrogens (tertiary/aromatic N) is 5. The molecule has 0 saturated carbocycles. The number of aliphatic imine (C=N–C) groups is 1. The monoisotopic (exact) mass is 555 g/mol. The van der Waals surface area contributed by atoms with E-state index in [0.717, 1.165) is 27.3 Å². The van der Waals surface area contributed by atoms with E-state index in [1.165, 1.54) is 18.6 Å². The van der Waals surface area contributed by atoms with E-state index in [9.17, 15) is 18.0 Å². The molecule has 39 heavy (non-hydrogen) atoms. The second kappa shape index (κ2) is 11.4. The maximum Gasteiger partial charge on any atom is 0.421 e. The number of alkyl halides is 3. The summed E-state index contributed by atoms with van der Waals surface area (Å²) in [7, 11) is 1.67. The van der Waals surface area contributed by atoms with Gasteiger partial charge < -0.3 is 9.30 Å². The fourth-order valence-corrected chi connectivity index (χ4v) is 4.40. The average Bonchev–Trinajstić information content (AvgIpc) is 2.89. The fourth-order valence-electron chi connectivity index (χ4n) is 4.22.